The lowest BCUT2D eigenvalue weighted by molar-refractivity contribution is -0.158. The number of likely N-dealkylation sites (tertiary alicyclic amines) is 1. The van der Waals surface area contributed by atoms with Crippen molar-refractivity contribution in [2.75, 3.05) is 13.1 Å². The largest absolute Gasteiger partial charge is 0.460 e. The molecule has 0 spiro atoms. The molecule has 0 aromatic rings. The van der Waals surface area contributed by atoms with Gasteiger partial charge in [-0.05, 0) is 38.4 Å². The summed E-state index contributed by atoms with van der Waals surface area (Å²) in [7, 11) is 0. The number of carbonyl (C=O) groups is 2. The van der Waals surface area contributed by atoms with Gasteiger partial charge < -0.3 is 4.74 Å². The van der Waals surface area contributed by atoms with E-state index in [0.29, 0.717) is 6.42 Å². The van der Waals surface area contributed by atoms with Crippen molar-refractivity contribution in [3.63, 3.8) is 0 Å². The molecule has 0 bridgehead atoms. The van der Waals surface area contributed by atoms with E-state index in [4.69, 9.17) is 4.74 Å². The number of piperidine rings is 1. The number of ether oxygens (including phenoxy) is 1. The number of hydrogen-bond acceptors (Lipinski definition) is 4. The zero-order valence-corrected chi connectivity index (χ0v) is 13.6. The number of Topliss-reactive ketones (excluding diaryl/α,β-unsaturated/α-hetero) is 1. The van der Waals surface area contributed by atoms with E-state index in [2.05, 4.69) is 4.90 Å². The van der Waals surface area contributed by atoms with Gasteiger partial charge in [0.2, 0.25) is 0 Å². The maximum absolute atomic E-state index is 12.3. The standard InChI is InChI=1S/C17H27NO3/c1-12-10-14(18-8-6-5-7-9-18)16(21-13(2)19)17(3,4)11-15(12)20/h10,14,16H,5-9,11H2,1-4H3. The summed E-state index contributed by atoms with van der Waals surface area (Å²) in [5.41, 5.74) is 0.451. The van der Waals surface area contributed by atoms with E-state index in [9.17, 15) is 9.59 Å². The highest BCUT2D eigenvalue weighted by Gasteiger charge is 2.43. The van der Waals surface area contributed by atoms with Crippen LogP contribution in [0.5, 0.6) is 0 Å². The zero-order valence-electron chi connectivity index (χ0n) is 13.6. The van der Waals surface area contributed by atoms with Gasteiger partial charge >= 0.3 is 5.97 Å². The lowest BCUT2D eigenvalue weighted by Crippen LogP contribution is -2.51. The highest BCUT2D eigenvalue weighted by atomic mass is 16.5. The molecule has 4 nitrogen and oxygen atoms in total. The van der Waals surface area contributed by atoms with Crippen LogP contribution >= 0.6 is 0 Å². The molecule has 21 heavy (non-hydrogen) atoms. The summed E-state index contributed by atoms with van der Waals surface area (Å²) in [6.45, 7) is 9.41. The third-order valence-electron chi connectivity index (χ3n) is 4.66. The molecule has 0 amide bonds. The van der Waals surface area contributed by atoms with Crippen LogP contribution in [0, 0.1) is 5.41 Å². The Balaban J connectivity index is 2.36. The lowest BCUT2D eigenvalue weighted by Gasteiger charge is -2.42. The first-order valence-corrected chi connectivity index (χ1v) is 7.94. The molecule has 1 fully saturated rings. The second-order valence-corrected chi connectivity index (χ2v) is 7.06. The van der Waals surface area contributed by atoms with Crippen molar-refractivity contribution in [3.05, 3.63) is 11.6 Å². The van der Waals surface area contributed by atoms with Gasteiger partial charge in [-0.25, -0.2) is 0 Å². The number of nitrogens with zero attached hydrogens (tertiary/aromatic N) is 1. The maximum atomic E-state index is 12.3. The van der Waals surface area contributed by atoms with Crippen LogP contribution in [-0.4, -0.2) is 41.9 Å². The molecule has 1 aliphatic heterocycles. The number of hydrogen-bond donors (Lipinski definition) is 0. The molecule has 0 N–H and O–H groups in total. The van der Waals surface area contributed by atoms with E-state index >= 15 is 0 Å². The van der Waals surface area contributed by atoms with E-state index in [1.54, 1.807) is 0 Å². The van der Waals surface area contributed by atoms with E-state index < -0.39 is 0 Å². The summed E-state index contributed by atoms with van der Waals surface area (Å²) in [5.74, 6) is -0.104. The predicted octanol–water partition coefficient (Wildman–Crippen LogP) is 2.72. The molecule has 1 aliphatic carbocycles. The van der Waals surface area contributed by atoms with Crippen LogP contribution in [0.25, 0.3) is 0 Å². The molecule has 0 radical (unpaired) electrons. The minimum atomic E-state index is -0.348. The third-order valence-corrected chi connectivity index (χ3v) is 4.66. The second kappa shape index (κ2) is 6.30. The summed E-state index contributed by atoms with van der Waals surface area (Å²) in [4.78, 5) is 26.2. The monoisotopic (exact) mass is 293 g/mol. The number of allylic oxidation sites excluding steroid dienone is 1. The smallest absolute Gasteiger partial charge is 0.302 e. The first kappa shape index (κ1) is 16.2. The summed E-state index contributed by atoms with van der Waals surface area (Å²) < 4.78 is 5.67. The van der Waals surface area contributed by atoms with Crippen molar-refractivity contribution >= 4 is 11.8 Å². The normalized spacial score (nSPS) is 30.5. The Morgan fingerprint density at radius 3 is 2.48 bits per heavy atom. The van der Waals surface area contributed by atoms with Crippen LogP contribution in [0.4, 0.5) is 0 Å². The fourth-order valence-corrected chi connectivity index (χ4v) is 3.47. The average Bonchev–Trinajstić information content (AvgIpc) is 2.49. The van der Waals surface area contributed by atoms with Crippen molar-refractivity contribution in [2.24, 2.45) is 5.41 Å². The van der Waals surface area contributed by atoms with Gasteiger partial charge in [0.1, 0.15) is 6.10 Å². The summed E-state index contributed by atoms with van der Waals surface area (Å²) in [6.07, 6.45) is 5.78. The SMILES string of the molecule is CC(=O)OC1C(N2CCCCC2)C=C(C)C(=O)CC1(C)C. The second-order valence-electron chi connectivity index (χ2n) is 7.06. The van der Waals surface area contributed by atoms with Crippen LogP contribution in [0.1, 0.15) is 53.4 Å². The van der Waals surface area contributed by atoms with Crippen LogP contribution in [0.2, 0.25) is 0 Å². The highest BCUT2D eigenvalue weighted by Crippen LogP contribution is 2.37. The Kier molecular flexibility index (Phi) is 4.87. The molecule has 2 rings (SSSR count). The molecule has 1 heterocycles. The quantitative estimate of drug-likeness (QED) is 0.734. The Morgan fingerprint density at radius 2 is 1.90 bits per heavy atom. The summed E-state index contributed by atoms with van der Waals surface area (Å²) in [6, 6.07) is 0.00986. The van der Waals surface area contributed by atoms with E-state index in [-0.39, 0.29) is 29.3 Å². The molecule has 118 valence electrons. The molecule has 2 unspecified atom stereocenters. The van der Waals surface area contributed by atoms with Crippen molar-refractivity contribution < 1.29 is 14.3 Å². The molecule has 0 aromatic carbocycles. The summed E-state index contributed by atoms with van der Waals surface area (Å²) in [5, 5.41) is 0. The molecule has 1 saturated heterocycles. The molecule has 2 aliphatic rings. The van der Waals surface area contributed by atoms with Gasteiger partial charge in [0, 0.05) is 18.8 Å². The fourth-order valence-electron chi connectivity index (χ4n) is 3.47. The minimum Gasteiger partial charge on any atom is -0.460 e. The number of carbonyl (C=O) groups excluding carboxylic acids is 2. The van der Waals surface area contributed by atoms with Gasteiger partial charge in [-0.15, -0.1) is 0 Å². The lowest BCUT2D eigenvalue weighted by atomic mass is 9.79. The Labute approximate surface area is 127 Å². The fraction of sp³-hybridized carbons (Fsp3) is 0.765. The molecular weight excluding hydrogens is 266 g/mol. The Morgan fingerprint density at radius 1 is 1.29 bits per heavy atom. The number of ketones is 1. The van der Waals surface area contributed by atoms with Crippen LogP contribution in [0.15, 0.2) is 11.6 Å². The predicted molar refractivity (Wildman–Crippen MR) is 81.9 cm³/mol. The number of esters is 1. The first-order valence-electron chi connectivity index (χ1n) is 7.94. The van der Waals surface area contributed by atoms with Crippen molar-refractivity contribution in [1.82, 2.24) is 4.90 Å². The molecule has 2 atom stereocenters. The molecular formula is C17H27NO3. The maximum Gasteiger partial charge on any atom is 0.302 e. The van der Waals surface area contributed by atoms with E-state index in [1.165, 1.54) is 26.2 Å². The van der Waals surface area contributed by atoms with Crippen molar-refractivity contribution in [3.8, 4) is 0 Å². The average molecular weight is 293 g/mol. The van der Waals surface area contributed by atoms with Gasteiger partial charge in [-0.2, -0.15) is 0 Å². The molecule has 0 aromatic heterocycles. The highest BCUT2D eigenvalue weighted by molar-refractivity contribution is 5.95. The Hall–Kier alpha value is -1.16. The molecule has 0 saturated carbocycles. The minimum absolute atomic E-state index is 0.00986. The van der Waals surface area contributed by atoms with Crippen LogP contribution in [0.3, 0.4) is 0 Å². The van der Waals surface area contributed by atoms with E-state index in [0.717, 1.165) is 18.7 Å². The van der Waals surface area contributed by atoms with Gasteiger partial charge in [0.15, 0.2) is 5.78 Å². The van der Waals surface area contributed by atoms with E-state index in [1.807, 2.05) is 26.8 Å². The van der Waals surface area contributed by atoms with Crippen LogP contribution in [-0.2, 0) is 14.3 Å². The summed E-state index contributed by atoms with van der Waals surface area (Å²) >= 11 is 0. The van der Waals surface area contributed by atoms with Crippen molar-refractivity contribution in [1.29, 1.82) is 0 Å². The molecule has 4 heteroatoms. The van der Waals surface area contributed by atoms with Gasteiger partial charge in [0.05, 0.1) is 6.04 Å². The van der Waals surface area contributed by atoms with Crippen molar-refractivity contribution in [2.45, 2.75) is 65.5 Å². The Bertz CT molecular complexity index is 447. The number of rotatable bonds is 2. The third kappa shape index (κ3) is 3.73. The topological polar surface area (TPSA) is 46.6 Å². The van der Waals surface area contributed by atoms with Gasteiger partial charge in [-0.1, -0.05) is 26.3 Å². The van der Waals surface area contributed by atoms with Crippen LogP contribution < -0.4 is 0 Å². The van der Waals surface area contributed by atoms with Gasteiger partial charge in [-0.3, -0.25) is 14.5 Å². The van der Waals surface area contributed by atoms with Gasteiger partial charge in [0.25, 0.3) is 0 Å². The first-order chi connectivity index (χ1) is 9.81. The zero-order chi connectivity index (χ0) is 15.6.